The van der Waals surface area contributed by atoms with Gasteiger partial charge in [-0.15, -0.1) is 0 Å². The van der Waals surface area contributed by atoms with Gasteiger partial charge >= 0.3 is 0 Å². The summed E-state index contributed by atoms with van der Waals surface area (Å²) in [6, 6.07) is 15.3. The lowest BCUT2D eigenvalue weighted by Crippen LogP contribution is -2.49. The molecule has 9 heteroatoms. The minimum Gasteiger partial charge on any atom is -0.497 e. The fourth-order valence-corrected chi connectivity index (χ4v) is 4.74. The second-order valence-electron chi connectivity index (χ2n) is 7.30. The molecule has 1 saturated heterocycles. The normalized spacial score (nSPS) is 24.3. The van der Waals surface area contributed by atoms with E-state index in [1.165, 1.54) is 19.2 Å². The molecule has 164 valence electrons. The Labute approximate surface area is 177 Å². The van der Waals surface area contributed by atoms with Crippen molar-refractivity contribution in [3.8, 4) is 5.75 Å². The maximum absolute atomic E-state index is 12.7. The van der Waals surface area contributed by atoms with Crippen molar-refractivity contribution in [2.45, 2.75) is 35.8 Å². The number of likely N-dealkylation sites (N-methyl/N-ethyl adjacent to an activating group) is 1. The Morgan fingerprint density at radius 3 is 2.37 bits per heavy atom. The third-order valence-electron chi connectivity index (χ3n) is 5.27. The number of rotatable bonds is 9. The summed E-state index contributed by atoms with van der Waals surface area (Å²) in [5.41, 5.74) is 1.05. The minimum atomic E-state index is -3.77. The zero-order valence-electron chi connectivity index (χ0n) is 17.0. The van der Waals surface area contributed by atoms with Gasteiger partial charge in [0.15, 0.2) is 0 Å². The Morgan fingerprint density at radius 2 is 1.77 bits per heavy atom. The number of sulfonamides is 1. The van der Waals surface area contributed by atoms with E-state index in [2.05, 4.69) is 4.72 Å². The number of nitrogens with one attached hydrogen (secondary N) is 1. The van der Waals surface area contributed by atoms with Gasteiger partial charge in [0.2, 0.25) is 10.0 Å². The molecule has 3 rings (SSSR count). The number of ether oxygens (including phenoxy) is 2. The number of nitrogens with zero attached hydrogens (tertiary/aromatic N) is 1. The van der Waals surface area contributed by atoms with Crippen LogP contribution in [0.1, 0.15) is 5.56 Å². The maximum atomic E-state index is 12.7. The second-order valence-corrected chi connectivity index (χ2v) is 9.07. The smallest absolute Gasteiger partial charge is 0.240 e. The Balaban J connectivity index is 1.71. The van der Waals surface area contributed by atoms with Crippen LogP contribution in [0, 0.1) is 0 Å². The van der Waals surface area contributed by atoms with Gasteiger partial charge in [-0.1, -0.05) is 30.3 Å². The van der Waals surface area contributed by atoms with Crippen molar-refractivity contribution >= 4 is 10.0 Å². The number of benzene rings is 2. The Hall–Kier alpha value is -2.01. The molecule has 0 bridgehead atoms. The van der Waals surface area contributed by atoms with E-state index in [1.54, 1.807) is 12.1 Å². The van der Waals surface area contributed by atoms with Crippen molar-refractivity contribution in [1.82, 2.24) is 9.62 Å². The fraction of sp³-hybridized carbons (Fsp3) is 0.429. The maximum Gasteiger partial charge on any atom is 0.240 e. The predicted molar refractivity (Wildman–Crippen MR) is 112 cm³/mol. The van der Waals surface area contributed by atoms with Crippen molar-refractivity contribution in [3.63, 3.8) is 0 Å². The van der Waals surface area contributed by atoms with Crippen LogP contribution in [0.15, 0.2) is 59.5 Å². The van der Waals surface area contributed by atoms with Crippen molar-refractivity contribution in [2.75, 3.05) is 27.3 Å². The number of hydrogen-bond donors (Lipinski definition) is 3. The third kappa shape index (κ3) is 5.18. The SMILES string of the molecule is COc1ccc(S(=O)(=O)NC[C@H]2O[C@@H](CO)[C@@H](O)[C@H]2N(C)Cc2ccccc2)cc1. The standard InChI is InChI=1S/C21H28N2O6S/c1-23(13-15-6-4-3-5-7-15)20-18(29-19(14-24)21(20)25)12-22-30(26,27)17-10-8-16(28-2)9-11-17/h3-11,18-22,24-25H,12-14H2,1-2H3/t18-,19+,20+,21-/m1/s1. The zero-order chi connectivity index (χ0) is 21.7. The number of aliphatic hydroxyl groups is 2. The Kier molecular flexibility index (Phi) is 7.45. The summed E-state index contributed by atoms with van der Waals surface area (Å²) < 4.78 is 38.7. The number of methoxy groups -OCH3 is 1. The number of aliphatic hydroxyl groups excluding tert-OH is 2. The van der Waals surface area contributed by atoms with Crippen molar-refractivity contribution in [3.05, 3.63) is 60.2 Å². The highest BCUT2D eigenvalue weighted by Gasteiger charge is 2.45. The summed E-state index contributed by atoms with van der Waals surface area (Å²) in [5, 5.41) is 20.2. The molecule has 8 nitrogen and oxygen atoms in total. The van der Waals surface area contributed by atoms with E-state index < -0.39 is 34.4 Å². The van der Waals surface area contributed by atoms with Crippen LogP contribution in [0.5, 0.6) is 5.75 Å². The molecule has 0 aromatic heterocycles. The van der Waals surface area contributed by atoms with Crippen LogP contribution < -0.4 is 9.46 Å². The molecule has 3 N–H and O–H groups in total. The lowest BCUT2D eigenvalue weighted by molar-refractivity contribution is -0.0201. The molecule has 2 aromatic rings. The molecule has 1 heterocycles. The highest BCUT2D eigenvalue weighted by Crippen LogP contribution is 2.26. The predicted octanol–water partition coefficient (Wildman–Crippen LogP) is 0.595. The summed E-state index contributed by atoms with van der Waals surface area (Å²) in [6.07, 6.45) is -2.35. The average Bonchev–Trinajstić information content (AvgIpc) is 3.08. The Morgan fingerprint density at radius 1 is 1.10 bits per heavy atom. The first-order valence-electron chi connectivity index (χ1n) is 9.68. The molecule has 30 heavy (non-hydrogen) atoms. The van der Waals surface area contributed by atoms with Crippen LogP contribution in [0.25, 0.3) is 0 Å². The van der Waals surface area contributed by atoms with E-state index >= 15 is 0 Å². The van der Waals surface area contributed by atoms with Crippen LogP contribution >= 0.6 is 0 Å². The summed E-state index contributed by atoms with van der Waals surface area (Å²) in [6.45, 7) is 0.163. The zero-order valence-corrected chi connectivity index (χ0v) is 17.8. The molecule has 4 atom stereocenters. The molecule has 0 radical (unpaired) electrons. The summed E-state index contributed by atoms with van der Waals surface area (Å²) in [4.78, 5) is 2.02. The van der Waals surface area contributed by atoms with Gasteiger partial charge in [0.05, 0.1) is 30.8 Å². The largest absolute Gasteiger partial charge is 0.497 e. The summed E-state index contributed by atoms with van der Waals surface area (Å²) in [7, 11) is -0.420. The topological polar surface area (TPSA) is 108 Å². The molecule has 0 unspecified atom stereocenters. The Bertz CT molecular complexity index is 907. The van der Waals surface area contributed by atoms with Gasteiger partial charge in [-0.3, -0.25) is 4.90 Å². The van der Waals surface area contributed by atoms with Crippen molar-refractivity contribution < 1.29 is 28.1 Å². The van der Waals surface area contributed by atoms with Crippen molar-refractivity contribution in [2.24, 2.45) is 0 Å². The van der Waals surface area contributed by atoms with E-state index in [9.17, 15) is 18.6 Å². The first-order chi connectivity index (χ1) is 14.4. The molecule has 0 aliphatic carbocycles. The molecule has 0 spiro atoms. The molecular formula is C21H28N2O6S. The van der Waals surface area contributed by atoms with Crippen LogP contribution in [0.4, 0.5) is 0 Å². The third-order valence-corrected chi connectivity index (χ3v) is 6.71. The molecule has 0 saturated carbocycles. The lowest BCUT2D eigenvalue weighted by Gasteiger charge is -2.30. The van der Waals surface area contributed by atoms with Crippen LogP contribution in [-0.2, 0) is 21.3 Å². The van der Waals surface area contributed by atoms with Gasteiger partial charge in [0, 0.05) is 13.1 Å². The van der Waals surface area contributed by atoms with Gasteiger partial charge in [-0.05, 0) is 36.9 Å². The van der Waals surface area contributed by atoms with E-state index in [0.717, 1.165) is 5.56 Å². The van der Waals surface area contributed by atoms with Gasteiger partial charge in [-0.2, -0.15) is 0 Å². The molecule has 2 aromatic carbocycles. The van der Waals surface area contributed by atoms with E-state index in [-0.39, 0.29) is 18.0 Å². The molecule has 0 amide bonds. The highest BCUT2D eigenvalue weighted by molar-refractivity contribution is 7.89. The van der Waals surface area contributed by atoms with E-state index in [0.29, 0.717) is 12.3 Å². The summed E-state index contributed by atoms with van der Waals surface area (Å²) >= 11 is 0. The van der Waals surface area contributed by atoms with Gasteiger partial charge in [0.1, 0.15) is 18.0 Å². The molecular weight excluding hydrogens is 408 g/mol. The monoisotopic (exact) mass is 436 g/mol. The second kappa shape index (κ2) is 9.86. The van der Waals surface area contributed by atoms with Crippen LogP contribution in [0.3, 0.4) is 0 Å². The van der Waals surface area contributed by atoms with E-state index in [1.807, 2.05) is 42.3 Å². The van der Waals surface area contributed by atoms with E-state index in [4.69, 9.17) is 9.47 Å². The fourth-order valence-electron chi connectivity index (χ4n) is 3.70. The van der Waals surface area contributed by atoms with Gasteiger partial charge in [0.25, 0.3) is 0 Å². The van der Waals surface area contributed by atoms with Gasteiger partial charge in [-0.25, -0.2) is 13.1 Å². The average molecular weight is 437 g/mol. The first-order valence-corrected chi connectivity index (χ1v) is 11.2. The quantitative estimate of drug-likeness (QED) is 0.528. The minimum absolute atomic E-state index is 0.0360. The van der Waals surface area contributed by atoms with Gasteiger partial charge < -0.3 is 19.7 Å². The molecule has 1 fully saturated rings. The molecule has 1 aliphatic rings. The van der Waals surface area contributed by atoms with Crippen molar-refractivity contribution in [1.29, 1.82) is 0 Å². The number of hydrogen-bond acceptors (Lipinski definition) is 7. The summed E-state index contributed by atoms with van der Waals surface area (Å²) in [5.74, 6) is 0.560. The molecule has 1 aliphatic heterocycles. The highest BCUT2D eigenvalue weighted by atomic mass is 32.2. The first kappa shape index (κ1) is 22.7. The lowest BCUT2D eigenvalue weighted by atomic mass is 10.0. The van der Waals surface area contributed by atoms with Crippen LogP contribution in [0.2, 0.25) is 0 Å². The van der Waals surface area contributed by atoms with Crippen LogP contribution in [-0.4, -0.2) is 75.2 Å².